The van der Waals surface area contributed by atoms with E-state index in [0.29, 0.717) is 12.1 Å². The van der Waals surface area contributed by atoms with E-state index in [1.165, 1.54) is 0 Å². The number of hydrogen-bond acceptors (Lipinski definition) is 4. The molecule has 16 heavy (non-hydrogen) atoms. The van der Waals surface area contributed by atoms with Crippen LogP contribution in [0.25, 0.3) is 0 Å². The molecule has 0 radical (unpaired) electrons. The molecule has 2 N–H and O–H groups in total. The number of ether oxygens (including phenoxy) is 2. The second-order valence-electron chi connectivity index (χ2n) is 5.12. The van der Waals surface area contributed by atoms with Crippen molar-refractivity contribution < 1.29 is 14.6 Å². The topological polar surface area (TPSA) is 50.7 Å². The third-order valence-corrected chi connectivity index (χ3v) is 4.00. The first-order valence-corrected chi connectivity index (χ1v) is 6.29. The predicted octanol–water partition coefficient (Wildman–Crippen LogP) is 0.542. The lowest BCUT2D eigenvalue weighted by Gasteiger charge is -2.36. The van der Waals surface area contributed by atoms with Crippen molar-refractivity contribution in [2.45, 2.75) is 38.3 Å². The summed E-state index contributed by atoms with van der Waals surface area (Å²) in [5.41, 5.74) is 0.0283. The lowest BCUT2D eigenvalue weighted by atomic mass is 9.80. The van der Waals surface area contributed by atoms with Gasteiger partial charge in [-0.3, -0.25) is 0 Å². The van der Waals surface area contributed by atoms with Gasteiger partial charge in [0, 0.05) is 37.8 Å². The van der Waals surface area contributed by atoms with E-state index in [1.54, 1.807) is 0 Å². The Morgan fingerprint density at radius 2 is 2.06 bits per heavy atom. The quantitative estimate of drug-likeness (QED) is 0.739. The van der Waals surface area contributed by atoms with Crippen LogP contribution in [0.4, 0.5) is 0 Å². The Morgan fingerprint density at radius 1 is 1.31 bits per heavy atom. The fourth-order valence-electron chi connectivity index (χ4n) is 2.54. The van der Waals surface area contributed by atoms with Gasteiger partial charge in [-0.1, -0.05) is 0 Å². The van der Waals surface area contributed by atoms with Crippen molar-refractivity contribution in [3.63, 3.8) is 0 Å². The van der Waals surface area contributed by atoms with Crippen LogP contribution < -0.4 is 5.32 Å². The molecule has 2 aliphatic rings. The van der Waals surface area contributed by atoms with Gasteiger partial charge in [0.15, 0.2) is 0 Å². The molecule has 0 bridgehead atoms. The first-order chi connectivity index (χ1) is 7.76. The number of hydrogen-bond donors (Lipinski definition) is 2. The fourth-order valence-corrected chi connectivity index (χ4v) is 2.54. The first-order valence-electron chi connectivity index (χ1n) is 6.29. The van der Waals surface area contributed by atoms with E-state index >= 15 is 0 Å². The van der Waals surface area contributed by atoms with Gasteiger partial charge >= 0.3 is 0 Å². The van der Waals surface area contributed by atoms with E-state index in [2.05, 4.69) is 12.2 Å². The van der Waals surface area contributed by atoms with Crippen molar-refractivity contribution in [2.75, 3.05) is 33.0 Å². The highest BCUT2D eigenvalue weighted by molar-refractivity contribution is 4.87. The van der Waals surface area contributed by atoms with Gasteiger partial charge in [0.2, 0.25) is 0 Å². The summed E-state index contributed by atoms with van der Waals surface area (Å²) in [5, 5.41) is 13.1. The predicted molar refractivity (Wildman–Crippen MR) is 61.4 cm³/mol. The molecule has 0 aromatic carbocycles. The number of aliphatic hydroxyl groups excluding tert-OH is 1. The van der Waals surface area contributed by atoms with Crippen LogP contribution in [-0.2, 0) is 9.47 Å². The smallest absolute Gasteiger partial charge is 0.0700 e. The Balaban J connectivity index is 1.82. The maximum Gasteiger partial charge on any atom is 0.0700 e. The summed E-state index contributed by atoms with van der Waals surface area (Å²) in [4.78, 5) is 0. The number of rotatable bonds is 4. The highest BCUT2D eigenvalue weighted by atomic mass is 16.5. The third-order valence-electron chi connectivity index (χ3n) is 4.00. The van der Waals surface area contributed by atoms with Crippen molar-refractivity contribution in [3.05, 3.63) is 0 Å². The fraction of sp³-hybridized carbons (Fsp3) is 1.00. The molecular formula is C12H23NO3. The average Bonchev–Trinajstić information content (AvgIpc) is 2.74. The molecule has 0 aliphatic carbocycles. The van der Waals surface area contributed by atoms with Crippen LogP contribution in [0.1, 0.15) is 26.2 Å². The van der Waals surface area contributed by atoms with Crippen LogP contribution in [0.3, 0.4) is 0 Å². The zero-order chi connectivity index (χ0) is 11.4. The molecule has 4 nitrogen and oxygen atoms in total. The molecule has 2 saturated heterocycles. The van der Waals surface area contributed by atoms with Crippen molar-refractivity contribution in [3.8, 4) is 0 Å². The lowest BCUT2D eigenvalue weighted by molar-refractivity contribution is -0.0176. The first kappa shape index (κ1) is 12.3. The Bertz CT molecular complexity index is 216. The highest BCUT2D eigenvalue weighted by Crippen LogP contribution is 2.29. The van der Waals surface area contributed by atoms with E-state index in [-0.39, 0.29) is 12.0 Å². The molecule has 0 spiro atoms. The number of aliphatic hydroxyl groups is 1. The molecule has 0 amide bonds. The Kier molecular flexibility index (Phi) is 4.19. The van der Waals surface area contributed by atoms with E-state index in [0.717, 1.165) is 45.6 Å². The van der Waals surface area contributed by atoms with Crippen LogP contribution in [0.5, 0.6) is 0 Å². The molecule has 2 atom stereocenters. The maximum atomic E-state index is 9.55. The molecule has 0 aromatic heterocycles. The highest BCUT2D eigenvalue weighted by Gasteiger charge is 2.34. The van der Waals surface area contributed by atoms with Crippen molar-refractivity contribution in [2.24, 2.45) is 5.41 Å². The average molecular weight is 229 g/mol. The monoisotopic (exact) mass is 229 g/mol. The lowest BCUT2D eigenvalue weighted by Crippen LogP contribution is -2.46. The van der Waals surface area contributed by atoms with E-state index in [1.807, 2.05) is 0 Å². The summed E-state index contributed by atoms with van der Waals surface area (Å²) < 4.78 is 10.9. The summed E-state index contributed by atoms with van der Waals surface area (Å²) in [6.07, 6.45) is 3.30. The molecule has 2 aliphatic heterocycles. The van der Waals surface area contributed by atoms with Crippen LogP contribution in [-0.4, -0.2) is 50.2 Å². The van der Waals surface area contributed by atoms with Crippen molar-refractivity contribution >= 4 is 0 Å². The Hall–Kier alpha value is -0.160. The summed E-state index contributed by atoms with van der Waals surface area (Å²) in [6, 6.07) is 0.450. The molecular weight excluding hydrogens is 206 g/mol. The minimum atomic E-state index is 0.0283. The van der Waals surface area contributed by atoms with Crippen LogP contribution in [0.2, 0.25) is 0 Å². The Morgan fingerprint density at radius 3 is 2.62 bits per heavy atom. The van der Waals surface area contributed by atoms with E-state index in [4.69, 9.17) is 9.47 Å². The summed E-state index contributed by atoms with van der Waals surface area (Å²) in [5.74, 6) is 0. The molecule has 2 fully saturated rings. The minimum absolute atomic E-state index is 0.0283. The summed E-state index contributed by atoms with van der Waals surface area (Å²) >= 11 is 0. The second kappa shape index (κ2) is 5.45. The van der Waals surface area contributed by atoms with Gasteiger partial charge in [0.1, 0.15) is 0 Å². The zero-order valence-electron chi connectivity index (χ0n) is 10.1. The van der Waals surface area contributed by atoms with Crippen molar-refractivity contribution in [1.29, 1.82) is 0 Å². The van der Waals surface area contributed by atoms with Gasteiger partial charge in [0.25, 0.3) is 0 Å². The summed E-state index contributed by atoms with van der Waals surface area (Å²) in [7, 11) is 0. The SMILES string of the molecule is CC1OCCC1NCC1(CO)CCOCC1. The standard InChI is InChI=1S/C12H23NO3/c1-10-11(2-5-16-10)13-8-12(9-14)3-6-15-7-4-12/h10-11,13-14H,2-9H2,1H3. The molecule has 0 saturated carbocycles. The van der Waals surface area contributed by atoms with Gasteiger partial charge in [0.05, 0.1) is 12.7 Å². The normalized spacial score (nSPS) is 34.1. The molecule has 2 unspecified atom stereocenters. The van der Waals surface area contributed by atoms with Crippen molar-refractivity contribution in [1.82, 2.24) is 5.32 Å². The summed E-state index contributed by atoms with van der Waals surface area (Å²) in [6.45, 7) is 5.66. The van der Waals surface area contributed by atoms with Crippen LogP contribution in [0, 0.1) is 5.41 Å². The van der Waals surface area contributed by atoms with Gasteiger partial charge in [-0.2, -0.15) is 0 Å². The van der Waals surface area contributed by atoms with Gasteiger partial charge in [-0.05, 0) is 26.2 Å². The van der Waals surface area contributed by atoms with Crippen LogP contribution >= 0.6 is 0 Å². The molecule has 0 aromatic rings. The number of nitrogens with one attached hydrogen (secondary N) is 1. The van der Waals surface area contributed by atoms with Gasteiger partial charge in [-0.15, -0.1) is 0 Å². The Labute approximate surface area is 97.3 Å². The molecule has 4 heteroatoms. The van der Waals surface area contributed by atoms with Crippen LogP contribution in [0.15, 0.2) is 0 Å². The second-order valence-corrected chi connectivity index (χ2v) is 5.12. The maximum absolute atomic E-state index is 9.55. The zero-order valence-corrected chi connectivity index (χ0v) is 10.1. The van der Waals surface area contributed by atoms with Gasteiger partial charge in [-0.25, -0.2) is 0 Å². The molecule has 2 heterocycles. The molecule has 94 valence electrons. The minimum Gasteiger partial charge on any atom is -0.396 e. The third kappa shape index (κ3) is 2.74. The largest absolute Gasteiger partial charge is 0.396 e. The molecule has 2 rings (SSSR count). The van der Waals surface area contributed by atoms with Gasteiger partial charge < -0.3 is 19.9 Å². The van der Waals surface area contributed by atoms with E-state index in [9.17, 15) is 5.11 Å². The van der Waals surface area contributed by atoms with E-state index < -0.39 is 0 Å².